The highest BCUT2D eigenvalue weighted by molar-refractivity contribution is 7.92. The number of halogens is 2. The lowest BCUT2D eigenvalue weighted by molar-refractivity contribution is -0.140. The molecule has 0 bridgehead atoms. The molecule has 0 fully saturated rings. The molecule has 0 heterocycles. The molecule has 0 aliphatic carbocycles. The van der Waals surface area contributed by atoms with Crippen molar-refractivity contribution in [1.82, 2.24) is 10.2 Å². The summed E-state index contributed by atoms with van der Waals surface area (Å²) < 4.78 is 26.5. The molecule has 0 saturated carbocycles. The highest BCUT2D eigenvalue weighted by Crippen LogP contribution is 2.31. The number of rotatable bonds is 11. The molecule has 0 radical (unpaired) electrons. The van der Waals surface area contributed by atoms with E-state index in [2.05, 4.69) is 5.32 Å². The number of carbonyl (C=O) groups excluding carboxylic acids is 2. The molecular weight excluding hydrogens is 533 g/mol. The number of likely N-dealkylation sites (N-methyl/N-ethyl adjacent to an activating group) is 1. The number of nitrogens with one attached hydrogen (secondary N) is 1. The lowest BCUT2D eigenvalue weighted by Crippen LogP contribution is -2.53. The summed E-state index contributed by atoms with van der Waals surface area (Å²) in [7, 11) is -3.93. The molecule has 0 spiro atoms. The third-order valence-corrected chi connectivity index (χ3v) is 7.36. The summed E-state index contributed by atoms with van der Waals surface area (Å²) in [5.41, 5.74) is 1.75. The van der Waals surface area contributed by atoms with Crippen LogP contribution in [0.25, 0.3) is 0 Å². The van der Waals surface area contributed by atoms with Crippen molar-refractivity contribution < 1.29 is 18.0 Å². The van der Waals surface area contributed by atoms with E-state index in [0.717, 1.165) is 21.7 Å². The van der Waals surface area contributed by atoms with Crippen LogP contribution in [0, 0.1) is 0 Å². The first-order valence-corrected chi connectivity index (χ1v) is 14.3. The Labute approximate surface area is 228 Å². The second-order valence-electron chi connectivity index (χ2n) is 8.47. The summed E-state index contributed by atoms with van der Waals surface area (Å²) in [6.45, 7) is 1.73. The van der Waals surface area contributed by atoms with E-state index in [4.69, 9.17) is 23.2 Å². The summed E-state index contributed by atoms with van der Waals surface area (Å²) in [4.78, 5) is 28.6. The number of benzene rings is 3. The number of amides is 2. The Morgan fingerprint density at radius 2 is 1.51 bits per heavy atom. The topological polar surface area (TPSA) is 86.8 Å². The van der Waals surface area contributed by atoms with Crippen molar-refractivity contribution in [3.8, 4) is 0 Å². The van der Waals surface area contributed by atoms with Crippen molar-refractivity contribution in [2.45, 2.75) is 25.9 Å². The number of carbonyl (C=O) groups is 2. The molecule has 7 nitrogen and oxygen atoms in total. The van der Waals surface area contributed by atoms with Crippen LogP contribution in [0.4, 0.5) is 5.69 Å². The summed E-state index contributed by atoms with van der Waals surface area (Å²) in [6.07, 6.45) is 1.24. The van der Waals surface area contributed by atoms with Gasteiger partial charge >= 0.3 is 0 Å². The van der Waals surface area contributed by atoms with Gasteiger partial charge < -0.3 is 10.2 Å². The first-order chi connectivity index (χ1) is 17.6. The number of anilines is 1. The summed E-state index contributed by atoms with van der Waals surface area (Å²) in [5, 5.41) is 3.21. The molecule has 3 aromatic carbocycles. The average molecular weight is 563 g/mol. The van der Waals surface area contributed by atoms with Crippen LogP contribution in [0.15, 0.2) is 78.9 Å². The maximum Gasteiger partial charge on any atom is 0.244 e. The van der Waals surface area contributed by atoms with Crippen molar-refractivity contribution in [1.29, 1.82) is 0 Å². The normalized spacial score (nSPS) is 12.0. The zero-order valence-corrected chi connectivity index (χ0v) is 22.9. The lowest BCUT2D eigenvalue weighted by atomic mass is 10.0. The maximum absolute atomic E-state index is 13.9. The molecule has 0 aliphatic heterocycles. The molecule has 3 aromatic rings. The van der Waals surface area contributed by atoms with E-state index in [-0.39, 0.29) is 34.6 Å². The van der Waals surface area contributed by atoms with Gasteiger partial charge in [-0.2, -0.15) is 0 Å². The molecule has 0 unspecified atom stereocenters. The van der Waals surface area contributed by atoms with Crippen LogP contribution in [0.2, 0.25) is 10.0 Å². The van der Waals surface area contributed by atoms with Crippen molar-refractivity contribution >= 4 is 50.7 Å². The van der Waals surface area contributed by atoms with Crippen LogP contribution >= 0.6 is 23.2 Å². The van der Waals surface area contributed by atoms with E-state index in [9.17, 15) is 18.0 Å². The van der Waals surface area contributed by atoms with E-state index >= 15 is 0 Å². The van der Waals surface area contributed by atoms with Crippen LogP contribution in [0.3, 0.4) is 0 Å². The number of hydrogen-bond acceptors (Lipinski definition) is 4. The third-order valence-electron chi connectivity index (χ3n) is 5.67. The molecule has 0 aliphatic rings. The minimum Gasteiger partial charge on any atom is -0.355 e. The Balaban J connectivity index is 2.04. The highest BCUT2D eigenvalue weighted by Gasteiger charge is 2.33. The van der Waals surface area contributed by atoms with Crippen LogP contribution in [-0.2, 0) is 32.6 Å². The Hall–Kier alpha value is -3.07. The number of sulfonamides is 1. The SMILES string of the molecule is CCNC(=O)[C@@H](Cc1ccccc1)N(Cc1ccccc1)C(=O)CN(c1cc(Cl)ccc1Cl)S(C)(=O)=O. The Kier molecular flexibility index (Phi) is 9.97. The van der Waals surface area contributed by atoms with Crippen molar-refractivity contribution in [3.05, 3.63) is 100 Å². The Bertz CT molecular complexity index is 1320. The third kappa shape index (κ3) is 7.95. The number of hydrogen-bond donors (Lipinski definition) is 1. The fraction of sp³-hybridized carbons (Fsp3) is 0.259. The van der Waals surface area contributed by atoms with Gasteiger partial charge in [0.1, 0.15) is 12.6 Å². The zero-order valence-electron chi connectivity index (χ0n) is 20.6. The molecule has 10 heteroatoms. The molecule has 2 amide bonds. The van der Waals surface area contributed by atoms with E-state index in [1.165, 1.54) is 23.1 Å². The van der Waals surface area contributed by atoms with E-state index in [1.54, 1.807) is 6.92 Å². The van der Waals surface area contributed by atoms with Crippen LogP contribution in [-0.4, -0.2) is 50.5 Å². The Morgan fingerprint density at radius 3 is 2.08 bits per heavy atom. The predicted octanol–water partition coefficient (Wildman–Crippen LogP) is 4.54. The molecule has 1 N–H and O–H groups in total. The van der Waals surface area contributed by atoms with Gasteiger partial charge in [-0.15, -0.1) is 0 Å². The lowest BCUT2D eigenvalue weighted by Gasteiger charge is -2.33. The predicted molar refractivity (Wildman–Crippen MR) is 148 cm³/mol. The smallest absolute Gasteiger partial charge is 0.244 e. The van der Waals surface area contributed by atoms with Crippen molar-refractivity contribution in [2.75, 3.05) is 23.7 Å². The molecule has 0 aromatic heterocycles. The quantitative estimate of drug-likeness (QED) is 0.372. The molecular formula is C27H29Cl2N3O4S. The van der Waals surface area contributed by atoms with Gasteiger partial charge in [-0.05, 0) is 36.2 Å². The zero-order chi connectivity index (χ0) is 27.0. The van der Waals surface area contributed by atoms with Gasteiger partial charge in [0.05, 0.1) is 17.0 Å². The fourth-order valence-electron chi connectivity index (χ4n) is 3.90. The van der Waals surface area contributed by atoms with Gasteiger partial charge in [0.15, 0.2) is 0 Å². The minimum absolute atomic E-state index is 0.0855. The van der Waals surface area contributed by atoms with Crippen molar-refractivity contribution in [3.63, 3.8) is 0 Å². The maximum atomic E-state index is 13.9. The first-order valence-electron chi connectivity index (χ1n) is 11.7. The van der Waals surface area contributed by atoms with Gasteiger partial charge in [0, 0.05) is 24.5 Å². The van der Waals surface area contributed by atoms with Gasteiger partial charge in [0.25, 0.3) is 0 Å². The van der Waals surface area contributed by atoms with Gasteiger partial charge in [-0.3, -0.25) is 13.9 Å². The van der Waals surface area contributed by atoms with Crippen molar-refractivity contribution in [2.24, 2.45) is 0 Å². The summed E-state index contributed by atoms with van der Waals surface area (Å²) in [6, 6.07) is 22.1. The van der Waals surface area contributed by atoms with E-state index < -0.39 is 28.5 Å². The summed E-state index contributed by atoms with van der Waals surface area (Å²) >= 11 is 12.4. The van der Waals surface area contributed by atoms with Crippen LogP contribution in [0.5, 0.6) is 0 Å². The second-order valence-corrected chi connectivity index (χ2v) is 11.2. The molecule has 3 rings (SSSR count). The fourth-order valence-corrected chi connectivity index (χ4v) is 5.19. The average Bonchev–Trinajstić information content (AvgIpc) is 2.87. The monoisotopic (exact) mass is 561 g/mol. The summed E-state index contributed by atoms with van der Waals surface area (Å²) in [5.74, 6) is -0.889. The number of nitrogens with zero attached hydrogens (tertiary/aromatic N) is 2. The van der Waals surface area contributed by atoms with Gasteiger partial charge in [-0.25, -0.2) is 8.42 Å². The standard InChI is InChI=1S/C27H29Cl2N3O4S/c1-3-30-27(34)25(16-20-10-6-4-7-11-20)31(18-21-12-8-5-9-13-21)26(33)19-32(37(2,35)36)24-17-22(28)14-15-23(24)29/h4-15,17,25H,3,16,18-19H2,1-2H3,(H,30,34)/t25-/m1/s1. The second kappa shape index (κ2) is 12.9. The largest absolute Gasteiger partial charge is 0.355 e. The first kappa shape index (κ1) is 28.5. The molecule has 1 atom stereocenters. The Morgan fingerprint density at radius 1 is 0.919 bits per heavy atom. The highest BCUT2D eigenvalue weighted by atomic mass is 35.5. The van der Waals surface area contributed by atoms with Crippen LogP contribution < -0.4 is 9.62 Å². The molecule has 0 saturated heterocycles. The van der Waals surface area contributed by atoms with E-state index in [0.29, 0.717) is 6.54 Å². The minimum atomic E-state index is -3.93. The van der Waals surface area contributed by atoms with Crippen LogP contribution in [0.1, 0.15) is 18.1 Å². The van der Waals surface area contributed by atoms with E-state index in [1.807, 2.05) is 60.7 Å². The van der Waals surface area contributed by atoms with Gasteiger partial charge in [-0.1, -0.05) is 83.9 Å². The molecule has 196 valence electrons. The molecule has 37 heavy (non-hydrogen) atoms. The van der Waals surface area contributed by atoms with Gasteiger partial charge in [0.2, 0.25) is 21.8 Å².